The number of pyridine rings is 1. The Balaban J connectivity index is 2.28. The molecule has 172 valence electrons. The molecule has 2 aromatic rings. The lowest BCUT2D eigenvalue weighted by molar-refractivity contribution is 0.127. The van der Waals surface area contributed by atoms with E-state index >= 15 is 0 Å². The summed E-state index contributed by atoms with van der Waals surface area (Å²) >= 11 is 0. The van der Waals surface area contributed by atoms with Gasteiger partial charge in [-0.25, -0.2) is 13.8 Å². The van der Waals surface area contributed by atoms with Crippen molar-refractivity contribution in [2.45, 2.75) is 46.6 Å². The van der Waals surface area contributed by atoms with E-state index in [1.165, 1.54) is 12.1 Å². The van der Waals surface area contributed by atoms with Crippen LogP contribution in [0.5, 0.6) is 0 Å². The van der Waals surface area contributed by atoms with Gasteiger partial charge in [0.25, 0.3) is 0 Å². The van der Waals surface area contributed by atoms with Gasteiger partial charge in [-0.1, -0.05) is 13.8 Å². The molecule has 0 fully saturated rings. The molecule has 0 aliphatic rings. The van der Waals surface area contributed by atoms with Gasteiger partial charge in [0.1, 0.15) is 19.1 Å². The number of rotatable bonds is 11. The molecule has 0 aliphatic heterocycles. The van der Waals surface area contributed by atoms with Gasteiger partial charge in [0.15, 0.2) is 5.76 Å². The summed E-state index contributed by atoms with van der Waals surface area (Å²) < 4.78 is 31.2. The van der Waals surface area contributed by atoms with Crippen molar-refractivity contribution in [3.8, 4) is 0 Å². The van der Waals surface area contributed by atoms with E-state index < -0.39 is 6.67 Å². The highest BCUT2D eigenvalue weighted by molar-refractivity contribution is 5.61. The number of nitrogens with one attached hydrogen (secondary N) is 1. The van der Waals surface area contributed by atoms with Gasteiger partial charge in [0.2, 0.25) is 5.88 Å². The van der Waals surface area contributed by atoms with Crippen molar-refractivity contribution in [2.75, 3.05) is 13.3 Å². The third-order valence-electron chi connectivity index (χ3n) is 4.52. The zero-order valence-electron chi connectivity index (χ0n) is 19.2. The van der Waals surface area contributed by atoms with E-state index in [9.17, 15) is 8.78 Å². The first-order valence-corrected chi connectivity index (χ1v) is 10.6. The molecular weight excluding hydrogens is 412 g/mol. The van der Waals surface area contributed by atoms with E-state index in [-0.39, 0.29) is 24.3 Å². The molecule has 0 bridgehead atoms. The maximum atomic E-state index is 13.4. The summed E-state index contributed by atoms with van der Waals surface area (Å²) in [7, 11) is 0. The normalized spacial score (nSPS) is 13.6. The molecule has 2 rings (SSSR count). The van der Waals surface area contributed by atoms with Crippen LogP contribution < -0.4 is 5.48 Å². The topological polar surface area (TPSA) is 55.7 Å². The molecule has 5 nitrogen and oxygen atoms in total. The van der Waals surface area contributed by atoms with Gasteiger partial charge in [-0.2, -0.15) is 0 Å². The second kappa shape index (κ2) is 12.7. The van der Waals surface area contributed by atoms with E-state index in [4.69, 9.17) is 9.57 Å². The van der Waals surface area contributed by atoms with Crippen LogP contribution in [0.4, 0.5) is 8.78 Å². The van der Waals surface area contributed by atoms with Crippen LogP contribution in [0.15, 0.2) is 59.4 Å². The zero-order chi connectivity index (χ0) is 23.5. The standard InChI is InChI=1S/C25H31F2N3O2/c1-6-28-25(31-14-13-26)12-11-24(20-7-9-22(27)10-8-20)32-30-19(5)21-15-18(4)29-23(16-21)17(2)3/h6-12,15-17,19,30H,13-14H2,1-5H3/b24-11+,25-12+,28-6?. The number of aromatic nitrogens is 1. The van der Waals surface area contributed by atoms with Gasteiger partial charge in [-0.15, -0.1) is 5.48 Å². The Morgan fingerprint density at radius 1 is 1.16 bits per heavy atom. The minimum atomic E-state index is -0.621. The summed E-state index contributed by atoms with van der Waals surface area (Å²) in [6.07, 6.45) is 4.77. The SMILES string of the molecule is CC=N/C(=C\C=C(\ONC(C)c1cc(C)nc(C(C)C)c1)c1ccc(F)cc1)OCCF. The quantitative estimate of drug-likeness (QED) is 0.195. The summed E-state index contributed by atoms with van der Waals surface area (Å²) in [5.74, 6) is 0.636. The molecule has 0 saturated carbocycles. The Morgan fingerprint density at radius 3 is 2.50 bits per heavy atom. The second-order valence-corrected chi connectivity index (χ2v) is 7.53. The summed E-state index contributed by atoms with van der Waals surface area (Å²) in [5.41, 5.74) is 6.69. The van der Waals surface area contributed by atoms with Gasteiger partial charge < -0.3 is 9.57 Å². The van der Waals surface area contributed by atoms with Crippen LogP contribution in [-0.2, 0) is 9.57 Å². The Bertz CT molecular complexity index is 954. The number of hydrogen-bond acceptors (Lipinski definition) is 5. The third kappa shape index (κ3) is 7.89. The van der Waals surface area contributed by atoms with Crippen molar-refractivity contribution in [3.05, 3.63) is 82.8 Å². The second-order valence-electron chi connectivity index (χ2n) is 7.53. The van der Waals surface area contributed by atoms with Crippen molar-refractivity contribution in [3.63, 3.8) is 0 Å². The fourth-order valence-electron chi connectivity index (χ4n) is 2.84. The van der Waals surface area contributed by atoms with E-state index in [0.29, 0.717) is 17.2 Å². The van der Waals surface area contributed by atoms with Crippen molar-refractivity contribution in [2.24, 2.45) is 4.99 Å². The molecule has 1 heterocycles. The van der Waals surface area contributed by atoms with Gasteiger partial charge >= 0.3 is 0 Å². The minimum absolute atomic E-state index is 0.0986. The van der Waals surface area contributed by atoms with Crippen LogP contribution in [-0.4, -0.2) is 24.5 Å². The average Bonchev–Trinajstić information content (AvgIpc) is 2.77. The first-order chi connectivity index (χ1) is 15.3. The van der Waals surface area contributed by atoms with Crippen LogP contribution in [0.2, 0.25) is 0 Å². The molecule has 32 heavy (non-hydrogen) atoms. The molecule has 0 spiro atoms. The highest BCUT2D eigenvalue weighted by atomic mass is 19.1. The molecule has 1 aromatic carbocycles. The Morgan fingerprint density at radius 2 is 1.88 bits per heavy atom. The number of nitrogens with zero attached hydrogens (tertiary/aromatic N) is 2. The molecule has 1 aromatic heterocycles. The number of ether oxygens (including phenoxy) is 1. The lowest BCUT2D eigenvalue weighted by Crippen LogP contribution is -2.19. The molecule has 0 amide bonds. The fourth-order valence-corrected chi connectivity index (χ4v) is 2.84. The number of aryl methyl sites for hydroxylation is 1. The summed E-state index contributed by atoms with van der Waals surface area (Å²) in [5, 5.41) is 0. The maximum absolute atomic E-state index is 13.4. The van der Waals surface area contributed by atoms with E-state index in [0.717, 1.165) is 17.0 Å². The monoisotopic (exact) mass is 443 g/mol. The zero-order valence-corrected chi connectivity index (χ0v) is 19.2. The smallest absolute Gasteiger partial charge is 0.213 e. The van der Waals surface area contributed by atoms with Crippen molar-refractivity contribution < 1.29 is 18.4 Å². The fraction of sp³-hybridized carbons (Fsp3) is 0.360. The Labute approximate surface area is 188 Å². The van der Waals surface area contributed by atoms with Gasteiger partial charge in [-0.05, 0) is 74.7 Å². The number of benzene rings is 1. The predicted octanol–water partition coefficient (Wildman–Crippen LogP) is 6.19. The van der Waals surface area contributed by atoms with Crippen LogP contribution in [0.1, 0.15) is 62.2 Å². The highest BCUT2D eigenvalue weighted by Gasteiger charge is 2.12. The number of hydroxylamine groups is 1. The van der Waals surface area contributed by atoms with Crippen molar-refractivity contribution >= 4 is 12.0 Å². The first kappa shape index (κ1) is 25.2. The van der Waals surface area contributed by atoms with Gasteiger partial charge in [0.05, 0.1) is 6.04 Å². The largest absolute Gasteiger partial charge is 0.475 e. The Hall–Kier alpha value is -3.06. The number of allylic oxidation sites excluding steroid dienone is 2. The predicted molar refractivity (Wildman–Crippen MR) is 124 cm³/mol. The van der Waals surface area contributed by atoms with Crippen LogP contribution in [0.25, 0.3) is 5.76 Å². The summed E-state index contributed by atoms with van der Waals surface area (Å²) in [4.78, 5) is 14.6. The van der Waals surface area contributed by atoms with E-state index in [1.807, 2.05) is 19.9 Å². The number of alkyl halides is 1. The van der Waals surface area contributed by atoms with E-state index in [1.54, 1.807) is 37.4 Å². The van der Waals surface area contributed by atoms with Crippen LogP contribution in [0.3, 0.4) is 0 Å². The molecule has 1 unspecified atom stereocenters. The molecule has 1 atom stereocenters. The van der Waals surface area contributed by atoms with Gasteiger partial charge in [0, 0.05) is 29.2 Å². The van der Waals surface area contributed by atoms with Crippen molar-refractivity contribution in [1.29, 1.82) is 0 Å². The molecule has 0 radical (unpaired) electrons. The van der Waals surface area contributed by atoms with Crippen LogP contribution >= 0.6 is 0 Å². The average molecular weight is 444 g/mol. The third-order valence-corrected chi connectivity index (χ3v) is 4.52. The first-order valence-electron chi connectivity index (χ1n) is 10.6. The minimum Gasteiger partial charge on any atom is -0.475 e. The molecular formula is C25H31F2N3O2. The molecule has 7 heteroatoms. The summed E-state index contributed by atoms with van der Waals surface area (Å²) in [6, 6.07) is 9.85. The molecule has 0 aliphatic carbocycles. The van der Waals surface area contributed by atoms with E-state index in [2.05, 4.69) is 35.4 Å². The highest BCUT2D eigenvalue weighted by Crippen LogP contribution is 2.22. The molecule has 0 saturated heterocycles. The molecule has 1 N–H and O–H groups in total. The lowest BCUT2D eigenvalue weighted by atomic mass is 10.0. The maximum Gasteiger partial charge on any atom is 0.213 e. The number of hydrogen-bond donors (Lipinski definition) is 1. The van der Waals surface area contributed by atoms with Crippen LogP contribution in [0, 0.1) is 12.7 Å². The summed E-state index contributed by atoms with van der Waals surface area (Å²) in [6.45, 7) is 9.16. The van der Waals surface area contributed by atoms with Gasteiger partial charge in [-0.3, -0.25) is 4.98 Å². The number of aliphatic imine (C=N–C) groups is 1. The Kier molecular flexibility index (Phi) is 10.0. The lowest BCUT2D eigenvalue weighted by Gasteiger charge is -2.18. The number of halogens is 2. The van der Waals surface area contributed by atoms with Crippen molar-refractivity contribution in [1.82, 2.24) is 10.5 Å².